The van der Waals surface area contributed by atoms with E-state index in [-0.39, 0.29) is 17.3 Å². The fraction of sp³-hybridized carbons (Fsp3) is 0.0476. The molecule has 1 aliphatic rings. The van der Waals surface area contributed by atoms with Crippen LogP contribution in [0.3, 0.4) is 0 Å². The first kappa shape index (κ1) is 16.9. The Kier molecular flexibility index (Phi) is 3.77. The number of amides is 1. The Labute approximate surface area is 164 Å². The van der Waals surface area contributed by atoms with E-state index in [2.05, 4.69) is 15.0 Å². The van der Waals surface area contributed by atoms with E-state index in [9.17, 15) is 14.7 Å². The zero-order valence-corrected chi connectivity index (χ0v) is 14.9. The van der Waals surface area contributed by atoms with Gasteiger partial charge in [-0.05, 0) is 36.4 Å². The number of hydrogen-bond acceptors (Lipinski definition) is 6. The lowest BCUT2D eigenvalue weighted by molar-refractivity contribution is -0.132. The van der Waals surface area contributed by atoms with Crippen molar-refractivity contribution in [3.8, 4) is 0 Å². The molecule has 29 heavy (non-hydrogen) atoms. The molecule has 0 saturated carbocycles. The molecule has 1 aliphatic heterocycles. The summed E-state index contributed by atoms with van der Waals surface area (Å²) in [5.74, 6) is -1.39. The number of ketones is 1. The van der Waals surface area contributed by atoms with Gasteiger partial charge < -0.3 is 14.5 Å². The molecule has 8 heteroatoms. The molecule has 1 atom stereocenters. The molecule has 0 bridgehead atoms. The summed E-state index contributed by atoms with van der Waals surface area (Å²) in [5.41, 5.74) is 1.67. The van der Waals surface area contributed by atoms with Crippen molar-refractivity contribution in [3.63, 3.8) is 0 Å². The number of anilines is 1. The van der Waals surface area contributed by atoms with Gasteiger partial charge >= 0.3 is 5.91 Å². The molecule has 4 aromatic rings. The molecule has 4 heterocycles. The maximum atomic E-state index is 13.0. The van der Waals surface area contributed by atoms with Crippen molar-refractivity contribution in [3.05, 3.63) is 84.1 Å². The number of imidazole rings is 1. The van der Waals surface area contributed by atoms with Gasteiger partial charge in [-0.25, -0.2) is 4.98 Å². The second-order valence-electron chi connectivity index (χ2n) is 6.50. The van der Waals surface area contributed by atoms with Crippen LogP contribution in [-0.2, 0) is 9.59 Å². The van der Waals surface area contributed by atoms with Crippen molar-refractivity contribution in [1.29, 1.82) is 0 Å². The summed E-state index contributed by atoms with van der Waals surface area (Å²) in [6.07, 6.45) is 4.43. The minimum absolute atomic E-state index is 0.0726. The molecule has 1 saturated heterocycles. The lowest BCUT2D eigenvalue weighted by atomic mass is 10.00. The molecule has 0 radical (unpaired) electrons. The zero-order valence-electron chi connectivity index (χ0n) is 14.9. The highest BCUT2D eigenvalue weighted by Gasteiger charge is 2.49. The summed E-state index contributed by atoms with van der Waals surface area (Å²) < 4.78 is 5.51. The first-order valence-electron chi connectivity index (χ1n) is 8.84. The van der Waals surface area contributed by atoms with Crippen molar-refractivity contribution < 1.29 is 19.1 Å². The number of rotatable bonds is 3. The van der Waals surface area contributed by atoms with Crippen molar-refractivity contribution in [2.24, 2.45) is 0 Å². The van der Waals surface area contributed by atoms with E-state index < -0.39 is 17.7 Å². The fourth-order valence-electron chi connectivity index (χ4n) is 3.49. The molecule has 1 unspecified atom stereocenters. The number of H-pyrrole nitrogens is 1. The van der Waals surface area contributed by atoms with Gasteiger partial charge in [0.25, 0.3) is 5.78 Å². The predicted molar refractivity (Wildman–Crippen MR) is 104 cm³/mol. The highest BCUT2D eigenvalue weighted by Crippen LogP contribution is 2.41. The Morgan fingerprint density at radius 1 is 1.07 bits per heavy atom. The summed E-state index contributed by atoms with van der Waals surface area (Å²) in [5, 5.41) is 10.9. The van der Waals surface area contributed by atoms with Gasteiger partial charge in [-0.1, -0.05) is 12.1 Å². The molecule has 8 nitrogen and oxygen atoms in total. The summed E-state index contributed by atoms with van der Waals surface area (Å²) in [6, 6.07) is 12.7. The van der Waals surface area contributed by atoms with Gasteiger partial charge in [0.05, 0.1) is 22.9 Å². The SMILES string of the molecule is O=C1C(=O)N(c2nc3ccccc3[nH]2)C(c2ccco2)/C1=C(\O)c1ccncc1. The lowest BCUT2D eigenvalue weighted by Crippen LogP contribution is -2.30. The topological polar surface area (TPSA) is 112 Å². The third-order valence-electron chi connectivity index (χ3n) is 4.82. The van der Waals surface area contributed by atoms with Gasteiger partial charge in [-0.2, -0.15) is 0 Å². The van der Waals surface area contributed by atoms with Crippen LogP contribution in [0.25, 0.3) is 16.8 Å². The second-order valence-corrected chi connectivity index (χ2v) is 6.50. The van der Waals surface area contributed by atoms with Crippen LogP contribution in [0.5, 0.6) is 0 Å². The van der Waals surface area contributed by atoms with Crippen LogP contribution in [0.15, 0.2) is 77.2 Å². The number of aliphatic hydroxyl groups excluding tert-OH is 1. The molecule has 142 valence electrons. The smallest absolute Gasteiger partial charge is 0.302 e. The van der Waals surface area contributed by atoms with Gasteiger partial charge in [-0.3, -0.25) is 19.5 Å². The molecular formula is C21H14N4O4. The summed E-state index contributed by atoms with van der Waals surface area (Å²) in [6.45, 7) is 0. The largest absolute Gasteiger partial charge is 0.507 e. The van der Waals surface area contributed by atoms with Gasteiger partial charge in [0, 0.05) is 18.0 Å². The molecule has 0 aliphatic carbocycles. The van der Waals surface area contributed by atoms with E-state index >= 15 is 0 Å². The molecule has 1 fully saturated rings. The molecule has 5 rings (SSSR count). The Morgan fingerprint density at radius 2 is 1.86 bits per heavy atom. The molecule has 1 amide bonds. The van der Waals surface area contributed by atoms with E-state index in [0.717, 1.165) is 5.52 Å². The first-order chi connectivity index (χ1) is 14.1. The molecule has 0 spiro atoms. The number of aliphatic hydroxyl groups is 1. The zero-order chi connectivity index (χ0) is 20.0. The van der Waals surface area contributed by atoms with Crippen LogP contribution in [-0.4, -0.2) is 31.7 Å². The average molecular weight is 386 g/mol. The number of carbonyl (C=O) groups is 2. The monoisotopic (exact) mass is 386 g/mol. The molecule has 3 aromatic heterocycles. The highest BCUT2D eigenvalue weighted by atomic mass is 16.3. The van der Waals surface area contributed by atoms with E-state index in [1.807, 2.05) is 18.2 Å². The first-order valence-corrected chi connectivity index (χ1v) is 8.84. The van der Waals surface area contributed by atoms with Crippen LogP contribution in [0.4, 0.5) is 5.95 Å². The third-order valence-corrected chi connectivity index (χ3v) is 4.82. The number of hydrogen-bond donors (Lipinski definition) is 2. The van der Waals surface area contributed by atoms with Crippen LogP contribution in [0.2, 0.25) is 0 Å². The third kappa shape index (κ3) is 2.61. The normalized spacial score (nSPS) is 18.6. The van der Waals surface area contributed by atoms with E-state index in [0.29, 0.717) is 16.8 Å². The van der Waals surface area contributed by atoms with E-state index in [1.54, 1.807) is 30.3 Å². The second kappa shape index (κ2) is 6.45. The maximum absolute atomic E-state index is 13.0. The number of fused-ring (bicyclic) bond motifs is 1. The number of aromatic nitrogens is 3. The van der Waals surface area contributed by atoms with Crippen molar-refractivity contribution in [1.82, 2.24) is 15.0 Å². The minimum Gasteiger partial charge on any atom is -0.507 e. The number of nitrogens with zero attached hydrogens (tertiary/aromatic N) is 3. The van der Waals surface area contributed by atoms with E-state index in [1.165, 1.54) is 23.6 Å². The van der Waals surface area contributed by atoms with E-state index in [4.69, 9.17) is 4.42 Å². The number of nitrogens with one attached hydrogen (secondary N) is 1. The molecule has 2 N–H and O–H groups in total. The molecular weight excluding hydrogens is 372 g/mol. The lowest BCUT2D eigenvalue weighted by Gasteiger charge is -2.20. The van der Waals surface area contributed by atoms with Gasteiger partial charge in [-0.15, -0.1) is 0 Å². The number of furan rings is 1. The predicted octanol–water partition coefficient (Wildman–Crippen LogP) is 3.18. The number of para-hydroxylation sites is 2. The summed E-state index contributed by atoms with van der Waals surface area (Å²) >= 11 is 0. The fourth-order valence-corrected chi connectivity index (χ4v) is 3.49. The van der Waals surface area contributed by atoms with Crippen LogP contribution >= 0.6 is 0 Å². The number of pyridine rings is 1. The number of benzene rings is 1. The van der Waals surface area contributed by atoms with Gasteiger partial charge in [0.1, 0.15) is 17.6 Å². The van der Waals surface area contributed by atoms with Gasteiger partial charge in [0.2, 0.25) is 5.95 Å². The van der Waals surface area contributed by atoms with Crippen LogP contribution < -0.4 is 4.90 Å². The summed E-state index contributed by atoms with van der Waals surface area (Å²) in [4.78, 5) is 38.5. The Hall–Kier alpha value is -4.20. The Balaban J connectivity index is 1.73. The van der Waals surface area contributed by atoms with Gasteiger partial charge in [0.15, 0.2) is 0 Å². The van der Waals surface area contributed by atoms with Crippen molar-refractivity contribution >= 4 is 34.4 Å². The highest BCUT2D eigenvalue weighted by molar-refractivity contribution is 6.51. The quantitative estimate of drug-likeness (QED) is 0.318. The Bertz CT molecular complexity index is 1230. The number of carbonyl (C=O) groups excluding carboxylic acids is 2. The van der Waals surface area contributed by atoms with Crippen LogP contribution in [0.1, 0.15) is 17.4 Å². The number of Topliss-reactive ketones (excluding diaryl/α,β-unsaturated/α-hetero) is 1. The van der Waals surface area contributed by atoms with Crippen molar-refractivity contribution in [2.75, 3.05) is 4.90 Å². The van der Waals surface area contributed by atoms with Crippen LogP contribution in [0, 0.1) is 0 Å². The standard InChI is InChI=1S/C21H14N4O4/c26-18(12-7-9-22-10-8-12)16-17(15-6-3-11-29-15)25(20(28)19(16)27)21-23-13-4-1-2-5-14(13)24-21/h1-11,17,26H,(H,23,24)/b18-16+. The minimum atomic E-state index is -0.960. The van der Waals surface area contributed by atoms with Crippen molar-refractivity contribution in [2.45, 2.75) is 6.04 Å². The summed E-state index contributed by atoms with van der Waals surface area (Å²) in [7, 11) is 0. The Morgan fingerprint density at radius 3 is 2.59 bits per heavy atom. The maximum Gasteiger partial charge on any atom is 0.302 e. The average Bonchev–Trinajstić information content (AvgIpc) is 3.47. The molecule has 1 aromatic carbocycles. The number of aromatic amines is 1.